The van der Waals surface area contributed by atoms with Gasteiger partial charge in [-0.2, -0.15) is 4.68 Å². The van der Waals surface area contributed by atoms with Crippen LogP contribution in [0.2, 0.25) is 5.02 Å². The molecule has 3 aliphatic rings. The molecule has 2 saturated carbocycles. The van der Waals surface area contributed by atoms with Crippen LogP contribution < -0.4 is 5.73 Å². The minimum atomic E-state index is -0.416. The fraction of sp³-hybridized carbons (Fsp3) is 0.421. The Morgan fingerprint density at radius 1 is 1.26 bits per heavy atom. The fourth-order valence-corrected chi connectivity index (χ4v) is 4.15. The molecule has 1 unspecified atom stereocenters. The number of carbonyl (C=O) groups is 1. The number of hydrogen-bond acceptors (Lipinski definition) is 5. The number of halogens is 1. The van der Waals surface area contributed by atoms with E-state index in [1.165, 1.54) is 0 Å². The summed E-state index contributed by atoms with van der Waals surface area (Å²) in [7, 11) is 0. The summed E-state index contributed by atoms with van der Waals surface area (Å²) in [6.07, 6.45) is 10.5. The molecule has 1 amide bonds. The fourth-order valence-electron chi connectivity index (χ4n) is 4.04. The topological polar surface area (TPSA) is 99.6 Å². The Kier molecular flexibility index (Phi) is 3.69. The number of nitrogens with zero attached hydrogens (tertiary/aromatic N) is 5. The number of hydrogen-bond donors (Lipinski definition) is 1. The minimum Gasteiger partial charge on any atom is -0.366 e. The third-order valence-electron chi connectivity index (χ3n) is 5.72. The Hall–Kier alpha value is -2.54. The van der Waals surface area contributed by atoms with Crippen LogP contribution in [0.15, 0.2) is 36.1 Å². The highest BCUT2D eigenvalue weighted by molar-refractivity contribution is 6.30. The average molecular weight is 383 g/mol. The number of nitrogens with two attached hydrogens (primary N) is 1. The first kappa shape index (κ1) is 16.6. The normalized spacial score (nSPS) is 25.1. The molecule has 7 nitrogen and oxygen atoms in total. The number of amides is 1. The van der Waals surface area contributed by atoms with Crippen LogP contribution in [0, 0.1) is 5.92 Å². The summed E-state index contributed by atoms with van der Waals surface area (Å²) >= 11 is 6.05. The Labute approximate surface area is 161 Å². The molecule has 0 radical (unpaired) electrons. The largest absolute Gasteiger partial charge is 0.366 e. The molecular weight excluding hydrogens is 364 g/mol. The maximum Gasteiger partial charge on any atom is 0.244 e. The van der Waals surface area contributed by atoms with Gasteiger partial charge in [0.2, 0.25) is 5.91 Å². The van der Waals surface area contributed by atoms with Gasteiger partial charge in [0.05, 0.1) is 16.4 Å². The van der Waals surface area contributed by atoms with Crippen LogP contribution in [0.1, 0.15) is 49.5 Å². The van der Waals surface area contributed by atoms with Crippen molar-refractivity contribution in [3.8, 4) is 0 Å². The molecule has 5 rings (SSSR count). The van der Waals surface area contributed by atoms with Crippen LogP contribution in [0.3, 0.4) is 0 Å². The lowest BCUT2D eigenvalue weighted by molar-refractivity contribution is -0.114. The van der Waals surface area contributed by atoms with E-state index in [-0.39, 0.29) is 0 Å². The number of tetrazole rings is 1. The minimum absolute atomic E-state index is 0.386. The summed E-state index contributed by atoms with van der Waals surface area (Å²) in [5.74, 6) is 1.22. The summed E-state index contributed by atoms with van der Waals surface area (Å²) in [6, 6.07) is 3.79. The molecule has 0 saturated heterocycles. The average Bonchev–Trinajstić information content (AvgIpc) is 3.60. The van der Waals surface area contributed by atoms with Gasteiger partial charge in [-0.1, -0.05) is 11.6 Å². The molecule has 2 fully saturated rings. The molecule has 0 aromatic carbocycles. The number of carbonyl (C=O) groups excluding carboxylic acids is 1. The molecule has 2 heterocycles. The van der Waals surface area contributed by atoms with Crippen LogP contribution in [0.5, 0.6) is 0 Å². The van der Waals surface area contributed by atoms with E-state index in [2.05, 4.69) is 26.6 Å². The number of rotatable bonds is 5. The summed E-state index contributed by atoms with van der Waals surface area (Å²) in [4.78, 5) is 16.7. The van der Waals surface area contributed by atoms with Crippen LogP contribution >= 0.6 is 11.6 Å². The lowest BCUT2D eigenvalue weighted by Crippen LogP contribution is -2.34. The molecule has 27 heavy (non-hydrogen) atoms. The second kappa shape index (κ2) is 5.99. The highest BCUT2D eigenvalue weighted by atomic mass is 35.5. The van der Waals surface area contributed by atoms with E-state index in [0.717, 1.165) is 42.9 Å². The zero-order valence-corrected chi connectivity index (χ0v) is 15.4. The number of primary amides is 1. The van der Waals surface area contributed by atoms with Gasteiger partial charge in [0.1, 0.15) is 0 Å². The molecule has 2 aromatic rings. The first-order chi connectivity index (χ1) is 13.1. The van der Waals surface area contributed by atoms with Crippen LogP contribution in [-0.4, -0.2) is 31.1 Å². The molecule has 2 N–H and O–H groups in total. The van der Waals surface area contributed by atoms with Crippen molar-refractivity contribution in [2.75, 3.05) is 0 Å². The van der Waals surface area contributed by atoms with Gasteiger partial charge in [-0.3, -0.25) is 9.78 Å². The van der Waals surface area contributed by atoms with E-state index in [9.17, 15) is 4.79 Å². The molecule has 0 spiro atoms. The van der Waals surface area contributed by atoms with Crippen molar-refractivity contribution in [2.24, 2.45) is 11.7 Å². The predicted octanol–water partition coefficient (Wildman–Crippen LogP) is 2.60. The third kappa shape index (κ3) is 2.86. The number of aromatic nitrogens is 5. The molecule has 0 aliphatic heterocycles. The first-order valence-electron chi connectivity index (χ1n) is 9.21. The molecule has 138 valence electrons. The van der Waals surface area contributed by atoms with Gasteiger partial charge in [0, 0.05) is 23.1 Å². The SMILES string of the molecule is NC(=O)C1=CC(n2nnnc2C2CC2)=CC(c2ccc(Cl)cn2)(C2CC2)C1. The van der Waals surface area contributed by atoms with Crippen molar-refractivity contribution in [1.82, 2.24) is 25.2 Å². The predicted molar refractivity (Wildman–Crippen MR) is 99.6 cm³/mol. The van der Waals surface area contributed by atoms with Gasteiger partial charge < -0.3 is 5.73 Å². The van der Waals surface area contributed by atoms with Gasteiger partial charge >= 0.3 is 0 Å². The van der Waals surface area contributed by atoms with E-state index in [1.807, 2.05) is 18.2 Å². The van der Waals surface area contributed by atoms with Crippen molar-refractivity contribution in [2.45, 2.75) is 43.4 Å². The first-order valence-corrected chi connectivity index (χ1v) is 9.58. The van der Waals surface area contributed by atoms with E-state index >= 15 is 0 Å². The van der Waals surface area contributed by atoms with Gasteiger partial charge in [-0.05, 0) is 72.7 Å². The van der Waals surface area contributed by atoms with Crippen LogP contribution in [0.25, 0.3) is 5.70 Å². The zero-order valence-electron chi connectivity index (χ0n) is 14.7. The second-order valence-electron chi connectivity index (χ2n) is 7.68. The van der Waals surface area contributed by atoms with E-state index in [4.69, 9.17) is 17.3 Å². The van der Waals surface area contributed by atoms with E-state index in [0.29, 0.717) is 28.9 Å². The third-order valence-corrected chi connectivity index (χ3v) is 5.94. The Morgan fingerprint density at radius 2 is 2.07 bits per heavy atom. The van der Waals surface area contributed by atoms with E-state index < -0.39 is 11.3 Å². The molecule has 3 aliphatic carbocycles. The summed E-state index contributed by atoms with van der Waals surface area (Å²) in [6.45, 7) is 0. The lowest BCUT2D eigenvalue weighted by atomic mass is 9.70. The maximum absolute atomic E-state index is 12.1. The smallest absolute Gasteiger partial charge is 0.244 e. The quantitative estimate of drug-likeness (QED) is 0.856. The number of pyridine rings is 1. The van der Waals surface area contributed by atoms with Gasteiger partial charge in [-0.25, -0.2) is 0 Å². The second-order valence-corrected chi connectivity index (χ2v) is 8.12. The molecule has 2 aromatic heterocycles. The standard InChI is InChI=1S/C19H19ClN6O/c20-14-5-6-16(22-10-14)19(13-3-4-13)8-12(17(21)27)7-15(9-19)26-18(11-1-2-11)23-24-25-26/h5-7,9-11,13H,1-4,8H2,(H2,21,27). The molecule has 1 atom stereocenters. The van der Waals surface area contributed by atoms with Crippen LogP contribution in [-0.2, 0) is 10.2 Å². The van der Waals surface area contributed by atoms with Crippen molar-refractivity contribution < 1.29 is 4.79 Å². The van der Waals surface area contributed by atoms with Gasteiger partial charge in [-0.15, -0.1) is 5.10 Å². The van der Waals surface area contributed by atoms with Gasteiger partial charge in [0.25, 0.3) is 0 Å². The van der Waals surface area contributed by atoms with Gasteiger partial charge in [0.15, 0.2) is 5.82 Å². The molecule has 8 heteroatoms. The van der Waals surface area contributed by atoms with E-state index in [1.54, 1.807) is 10.9 Å². The summed E-state index contributed by atoms with van der Waals surface area (Å²) < 4.78 is 1.76. The van der Waals surface area contributed by atoms with Crippen molar-refractivity contribution >= 4 is 23.2 Å². The monoisotopic (exact) mass is 382 g/mol. The highest BCUT2D eigenvalue weighted by Crippen LogP contribution is 2.54. The van der Waals surface area contributed by atoms with Crippen molar-refractivity contribution in [1.29, 1.82) is 0 Å². The van der Waals surface area contributed by atoms with Crippen LogP contribution in [0.4, 0.5) is 0 Å². The Balaban J connectivity index is 1.67. The molecule has 0 bridgehead atoms. The van der Waals surface area contributed by atoms with Crippen molar-refractivity contribution in [3.05, 3.63) is 52.6 Å². The van der Waals surface area contributed by atoms with Crippen molar-refractivity contribution in [3.63, 3.8) is 0 Å². The molecular formula is C19H19ClN6O. The summed E-state index contributed by atoms with van der Waals surface area (Å²) in [5, 5.41) is 12.8. The maximum atomic E-state index is 12.1. The number of allylic oxidation sites excluding steroid dienone is 3. The Morgan fingerprint density at radius 3 is 2.70 bits per heavy atom. The Bertz CT molecular complexity index is 970. The summed E-state index contributed by atoms with van der Waals surface area (Å²) in [5.41, 5.74) is 7.58. The lowest BCUT2D eigenvalue weighted by Gasteiger charge is -2.34. The highest BCUT2D eigenvalue weighted by Gasteiger charge is 2.49. The zero-order chi connectivity index (χ0) is 18.6.